The van der Waals surface area contributed by atoms with Gasteiger partial charge in [0.2, 0.25) is 5.91 Å². The minimum Gasteiger partial charge on any atom is -0.492 e. The van der Waals surface area contributed by atoms with E-state index in [1.165, 1.54) is 12.5 Å². The molecule has 3 rings (SSSR count). The zero-order valence-corrected chi connectivity index (χ0v) is 17.9. The van der Waals surface area contributed by atoms with E-state index in [-0.39, 0.29) is 16.9 Å². The monoisotopic (exact) mass is 433 g/mol. The van der Waals surface area contributed by atoms with Gasteiger partial charge in [0.1, 0.15) is 5.75 Å². The van der Waals surface area contributed by atoms with Gasteiger partial charge in [-0.25, -0.2) is 0 Å². The Hall–Kier alpha value is -3.71. The van der Waals surface area contributed by atoms with Gasteiger partial charge in [0.25, 0.3) is 5.91 Å². The van der Waals surface area contributed by atoms with Crippen molar-refractivity contribution >= 4 is 40.5 Å². The number of para-hydroxylation sites is 1. The highest BCUT2D eigenvalue weighted by Gasteiger charge is 2.13. The molecule has 158 valence electrons. The van der Waals surface area contributed by atoms with Crippen LogP contribution in [0.4, 0.5) is 11.4 Å². The largest absolute Gasteiger partial charge is 0.492 e. The smallest absolute Gasteiger partial charge is 0.261 e. The number of ether oxygens (including phenoxy) is 1. The molecule has 0 atom stereocenters. The first-order valence-electron chi connectivity index (χ1n) is 9.77. The van der Waals surface area contributed by atoms with Gasteiger partial charge in [-0.05, 0) is 54.2 Å². The molecule has 0 aromatic heterocycles. The number of nitrogens with one attached hydrogen (secondary N) is 3. The summed E-state index contributed by atoms with van der Waals surface area (Å²) < 4.78 is 5.85. The molecule has 3 aromatic rings. The third kappa shape index (κ3) is 6.94. The number of amides is 2. The van der Waals surface area contributed by atoms with Crippen LogP contribution in [0.5, 0.6) is 5.75 Å². The zero-order valence-electron chi connectivity index (χ0n) is 17.1. The second-order valence-electron chi connectivity index (χ2n) is 6.75. The van der Waals surface area contributed by atoms with Crippen LogP contribution in [0.3, 0.4) is 0 Å². The number of hydrogen-bond acceptors (Lipinski definition) is 4. The van der Waals surface area contributed by atoms with Gasteiger partial charge in [0, 0.05) is 24.7 Å². The summed E-state index contributed by atoms with van der Waals surface area (Å²) in [6.45, 7) is 1.90. The Bertz CT molecular complexity index is 1050. The molecule has 7 heteroatoms. The molecule has 0 saturated heterocycles. The lowest BCUT2D eigenvalue weighted by Gasteiger charge is -2.13. The van der Waals surface area contributed by atoms with Gasteiger partial charge >= 0.3 is 0 Å². The van der Waals surface area contributed by atoms with Gasteiger partial charge in [-0.2, -0.15) is 0 Å². The van der Waals surface area contributed by atoms with Gasteiger partial charge in [0.15, 0.2) is 5.11 Å². The van der Waals surface area contributed by atoms with E-state index in [0.29, 0.717) is 29.3 Å². The molecule has 0 saturated carbocycles. The van der Waals surface area contributed by atoms with Crippen molar-refractivity contribution in [2.75, 3.05) is 17.2 Å². The van der Waals surface area contributed by atoms with Crippen molar-refractivity contribution in [3.05, 3.63) is 90.0 Å². The summed E-state index contributed by atoms with van der Waals surface area (Å²) in [5.74, 6) is -0.00536. The highest BCUT2D eigenvalue weighted by molar-refractivity contribution is 7.80. The minimum absolute atomic E-state index is 0.145. The maximum atomic E-state index is 12.7. The van der Waals surface area contributed by atoms with E-state index in [2.05, 4.69) is 16.0 Å². The van der Waals surface area contributed by atoms with Crippen molar-refractivity contribution in [1.29, 1.82) is 0 Å². The van der Waals surface area contributed by atoms with Crippen molar-refractivity contribution < 1.29 is 14.3 Å². The van der Waals surface area contributed by atoms with Crippen molar-refractivity contribution in [1.82, 2.24) is 5.32 Å². The van der Waals surface area contributed by atoms with E-state index >= 15 is 0 Å². The third-order valence-electron chi connectivity index (χ3n) is 4.31. The number of hydrogen-bond donors (Lipinski definition) is 3. The average molecular weight is 434 g/mol. The summed E-state index contributed by atoms with van der Waals surface area (Å²) in [4.78, 5) is 23.8. The van der Waals surface area contributed by atoms with Crippen molar-refractivity contribution in [2.24, 2.45) is 0 Å². The molecule has 0 spiro atoms. The number of anilines is 2. The summed E-state index contributed by atoms with van der Waals surface area (Å²) in [6.07, 6.45) is 0.741. The van der Waals surface area contributed by atoms with Crippen LogP contribution in [0.15, 0.2) is 78.9 Å². The number of rotatable bonds is 7. The predicted molar refractivity (Wildman–Crippen MR) is 127 cm³/mol. The van der Waals surface area contributed by atoms with Crippen LogP contribution in [0.25, 0.3) is 0 Å². The Balaban J connectivity index is 1.56. The molecule has 0 aliphatic heterocycles. The SMILES string of the molecule is CC(=O)Nc1ccc(NC(=S)NC(=O)c2ccccc2OCCc2ccccc2)cc1. The Morgan fingerprint density at radius 2 is 1.45 bits per heavy atom. The van der Waals surface area contributed by atoms with Gasteiger partial charge in [-0.3, -0.25) is 14.9 Å². The zero-order chi connectivity index (χ0) is 22.1. The lowest BCUT2D eigenvalue weighted by atomic mass is 10.1. The summed E-state index contributed by atoms with van der Waals surface area (Å²) in [5, 5.41) is 8.48. The maximum Gasteiger partial charge on any atom is 0.261 e. The van der Waals surface area contributed by atoms with Gasteiger partial charge in [-0.15, -0.1) is 0 Å². The first kappa shape index (κ1) is 22.0. The third-order valence-corrected chi connectivity index (χ3v) is 4.52. The fraction of sp³-hybridized carbons (Fsp3) is 0.125. The fourth-order valence-electron chi connectivity index (χ4n) is 2.88. The number of carbonyl (C=O) groups is 2. The maximum absolute atomic E-state index is 12.7. The Labute approximate surface area is 186 Å². The Kier molecular flexibility index (Phi) is 7.73. The van der Waals surface area contributed by atoms with E-state index in [0.717, 1.165) is 6.42 Å². The Morgan fingerprint density at radius 3 is 2.13 bits per heavy atom. The van der Waals surface area contributed by atoms with E-state index < -0.39 is 0 Å². The van der Waals surface area contributed by atoms with Crippen LogP contribution in [0.2, 0.25) is 0 Å². The second kappa shape index (κ2) is 10.9. The quantitative estimate of drug-likeness (QED) is 0.482. The highest BCUT2D eigenvalue weighted by atomic mass is 32.1. The molecule has 0 radical (unpaired) electrons. The van der Waals surface area contributed by atoms with Gasteiger partial charge in [-0.1, -0.05) is 42.5 Å². The lowest BCUT2D eigenvalue weighted by molar-refractivity contribution is -0.114. The molecule has 0 aliphatic rings. The number of benzene rings is 3. The van der Waals surface area contributed by atoms with Crippen LogP contribution in [-0.4, -0.2) is 23.5 Å². The average Bonchev–Trinajstić information content (AvgIpc) is 2.76. The summed E-state index contributed by atoms with van der Waals surface area (Å²) >= 11 is 5.26. The van der Waals surface area contributed by atoms with E-state index in [9.17, 15) is 9.59 Å². The van der Waals surface area contributed by atoms with Crippen LogP contribution < -0.4 is 20.7 Å². The van der Waals surface area contributed by atoms with Gasteiger partial charge < -0.3 is 15.4 Å². The van der Waals surface area contributed by atoms with Crippen LogP contribution in [-0.2, 0) is 11.2 Å². The molecular formula is C24H23N3O3S. The number of carbonyl (C=O) groups excluding carboxylic acids is 2. The molecular weight excluding hydrogens is 410 g/mol. The molecule has 31 heavy (non-hydrogen) atoms. The summed E-state index contributed by atoms with van der Waals surface area (Å²) in [7, 11) is 0. The van der Waals surface area contributed by atoms with E-state index in [1.807, 2.05) is 36.4 Å². The first-order valence-corrected chi connectivity index (χ1v) is 10.2. The molecule has 6 nitrogen and oxygen atoms in total. The Morgan fingerprint density at radius 1 is 0.839 bits per heavy atom. The first-order chi connectivity index (χ1) is 15.0. The highest BCUT2D eigenvalue weighted by Crippen LogP contribution is 2.19. The molecule has 0 aliphatic carbocycles. The van der Waals surface area contributed by atoms with Crippen LogP contribution in [0, 0.1) is 0 Å². The standard InChI is InChI=1S/C24H23N3O3S/c1-17(28)25-19-11-13-20(14-12-19)26-24(31)27-23(29)21-9-5-6-10-22(21)30-16-15-18-7-3-2-4-8-18/h2-14H,15-16H2,1H3,(H,25,28)(H2,26,27,29,31). The van der Waals surface area contributed by atoms with E-state index in [1.54, 1.807) is 42.5 Å². The van der Waals surface area contributed by atoms with Crippen LogP contribution in [0.1, 0.15) is 22.8 Å². The van der Waals surface area contributed by atoms with Crippen molar-refractivity contribution in [3.63, 3.8) is 0 Å². The van der Waals surface area contributed by atoms with Gasteiger partial charge in [0.05, 0.1) is 12.2 Å². The normalized spacial score (nSPS) is 10.1. The molecule has 0 fully saturated rings. The minimum atomic E-state index is -0.359. The number of thiocarbonyl (C=S) groups is 1. The molecule has 2 amide bonds. The fourth-order valence-corrected chi connectivity index (χ4v) is 3.09. The molecule has 0 unspecified atom stereocenters. The molecule has 0 bridgehead atoms. The lowest BCUT2D eigenvalue weighted by Crippen LogP contribution is -2.34. The molecule has 3 N–H and O–H groups in total. The van der Waals surface area contributed by atoms with Crippen molar-refractivity contribution in [2.45, 2.75) is 13.3 Å². The van der Waals surface area contributed by atoms with Crippen molar-refractivity contribution in [3.8, 4) is 5.75 Å². The predicted octanol–water partition coefficient (Wildman–Crippen LogP) is 4.39. The summed E-state index contributed by atoms with van der Waals surface area (Å²) in [6, 6.07) is 24.0. The van der Waals surface area contributed by atoms with Crippen LogP contribution >= 0.6 is 12.2 Å². The topological polar surface area (TPSA) is 79.5 Å². The molecule has 3 aromatic carbocycles. The summed E-state index contributed by atoms with van der Waals surface area (Å²) in [5.41, 5.74) is 2.93. The second-order valence-corrected chi connectivity index (χ2v) is 7.16. The molecule has 0 heterocycles. The van der Waals surface area contributed by atoms with E-state index in [4.69, 9.17) is 17.0 Å².